The monoisotopic (exact) mass is 353 g/mol. The largest absolute Gasteiger partial charge is 0.372 e. The fourth-order valence-corrected chi connectivity index (χ4v) is 3.51. The molecular weight excluding hydrogens is 326 g/mol. The number of nitrogens with zero attached hydrogens (tertiary/aromatic N) is 1. The highest BCUT2D eigenvalue weighted by Crippen LogP contribution is 2.22. The molecule has 1 fully saturated rings. The minimum atomic E-state index is 0.169. The summed E-state index contributed by atoms with van der Waals surface area (Å²) in [5.41, 5.74) is 4.92. The van der Waals surface area contributed by atoms with E-state index < -0.39 is 0 Å². The molecule has 0 amide bonds. The second-order valence-electron chi connectivity index (χ2n) is 6.66. The second-order valence-corrected chi connectivity index (χ2v) is 7.06. The molecule has 1 atom stereocenters. The number of hydrogen-bond acceptors (Lipinski definition) is 2. The molecule has 3 nitrogen and oxygen atoms in total. The first-order chi connectivity index (χ1) is 12.2. The molecule has 132 valence electrons. The fraction of sp³-hybridized carbons (Fsp3) is 0.381. The van der Waals surface area contributed by atoms with Gasteiger partial charge < -0.3 is 15.5 Å². The van der Waals surface area contributed by atoms with Crippen LogP contribution in [0.3, 0.4) is 0 Å². The lowest BCUT2D eigenvalue weighted by Crippen LogP contribution is -2.30. The van der Waals surface area contributed by atoms with Crippen LogP contribution in [0.1, 0.15) is 43.9 Å². The maximum absolute atomic E-state index is 5.46. The van der Waals surface area contributed by atoms with E-state index in [0.29, 0.717) is 5.11 Å². The maximum atomic E-state index is 5.46. The van der Waals surface area contributed by atoms with E-state index in [9.17, 15) is 0 Å². The summed E-state index contributed by atoms with van der Waals surface area (Å²) in [5.74, 6) is 0. The van der Waals surface area contributed by atoms with E-state index in [1.807, 2.05) is 0 Å². The summed E-state index contributed by atoms with van der Waals surface area (Å²) < 4.78 is 0. The van der Waals surface area contributed by atoms with Gasteiger partial charge in [-0.15, -0.1) is 0 Å². The Bertz CT molecular complexity index is 688. The second kappa shape index (κ2) is 8.34. The average Bonchev–Trinajstić information content (AvgIpc) is 3.17. The molecule has 0 radical (unpaired) electrons. The van der Waals surface area contributed by atoms with Crippen molar-refractivity contribution in [2.24, 2.45) is 0 Å². The summed E-state index contributed by atoms with van der Waals surface area (Å²) in [4.78, 5) is 2.45. The van der Waals surface area contributed by atoms with E-state index in [-0.39, 0.29) is 6.04 Å². The van der Waals surface area contributed by atoms with Gasteiger partial charge in [-0.25, -0.2) is 0 Å². The number of aryl methyl sites for hydroxylation is 1. The van der Waals surface area contributed by atoms with Gasteiger partial charge in [-0.05, 0) is 73.8 Å². The van der Waals surface area contributed by atoms with Crippen LogP contribution in [0.5, 0.6) is 0 Å². The van der Waals surface area contributed by atoms with E-state index in [4.69, 9.17) is 12.2 Å². The van der Waals surface area contributed by atoms with Crippen molar-refractivity contribution >= 4 is 28.7 Å². The molecule has 0 spiro atoms. The number of thiocarbonyl (C=S) groups is 1. The summed E-state index contributed by atoms with van der Waals surface area (Å²) in [6, 6.07) is 17.4. The molecule has 2 N–H and O–H groups in total. The Morgan fingerprint density at radius 1 is 1.04 bits per heavy atom. The van der Waals surface area contributed by atoms with Crippen LogP contribution in [0, 0.1) is 0 Å². The molecule has 0 aliphatic carbocycles. The SMILES string of the molecule is CCc1ccc(NC(=S)N[C@H](C)c2ccc(N3CCCC3)cc2)cc1. The van der Waals surface area contributed by atoms with Gasteiger partial charge in [0.15, 0.2) is 5.11 Å². The number of hydrogen-bond donors (Lipinski definition) is 2. The molecule has 1 aliphatic heterocycles. The zero-order chi connectivity index (χ0) is 17.6. The highest BCUT2D eigenvalue weighted by Gasteiger charge is 2.13. The van der Waals surface area contributed by atoms with Crippen LogP contribution in [0.4, 0.5) is 11.4 Å². The van der Waals surface area contributed by atoms with Gasteiger partial charge in [-0.1, -0.05) is 31.2 Å². The van der Waals surface area contributed by atoms with Gasteiger partial charge in [0.1, 0.15) is 0 Å². The highest BCUT2D eigenvalue weighted by molar-refractivity contribution is 7.80. The Morgan fingerprint density at radius 2 is 1.68 bits per heavy atom. The standard InChI is InChI=1S/C21H27N3S/c1-3-17-6-10-19(11-7-17)23-21(25)22-16(2)18-8-12-20(13-9-18)24-14-4-5-15-24/h6-13,16H,3-5,14-15H2,1-2H3,(H2,22,23,25)/t16-/m1/s1. The van der Waals surface area contributed by atoms with Crippen molar-refractivity contribution in [1.29, 1.82) is 0 Å². The molecule has 1 aliphatic rings. The number of rotatable bonds is 5. The number of anilines is 2. The summed E-state index contributed by atoms with van der Waals surface area (Å²) in [5, 5.41) is 7.28. The van der Waals surface area contributed by atoms with E-state index in [1.54, 1.807) is 0 Å². The lowest BCUT2D eigenvalue weighted by Gasteiger charge is -2.20. The third kappa shape index (κ3) is 4.73. The molecule has 1 saturated heterocycles. The van der Waals surface area contributed by atoms with Gasteiger partial charge in [0, 0.05) is 24.5 Å². The Morgan fingerprint density at radius 3 is 2.28 bits per heavy atom. The van der Waals surface area contributed by atoms with Crippen LogP contribution in [0.25, 0.3) is 0 Å². The quantitative estimate of drug-likeness (QED) is 0.748. The number of benzene rings is 2. The molecule has 0 unspecified atom stereocenters. The lowest BCUT2D eigenvalue weighted by atomic mass is 10.1. The zero-order valence-corrected chi connectivity index (χ0v) is 15.9. The molecule has 4 heteroatoms. The van der Waals surface area contributed by atoms with Crippen molar-refractivity contribution in [2.75, 3.05) is 23.3 Å². The molecule has 0 bridgehead atoms. The summed E-state index contributed by atoms with van der Waals surface area (Å²) >= 11 is 5.46. The molecule has 3 rings (SSSR count). The highest BCUT2D eigenvalue weighted by atomic mass is 32.1. The first-order valence-corrected chi connectivity index (χ1v) is 9.58. The molecule has 1 heterocycles. The first-order valence-electron chi connectivity index (χ1n) is 9.17. The molecular formula is C21H27N3S. The third-order valence-electron chi connectivity index (χ3n) is 4.83. The van der Waals surface area contributed by atoms with Crippen molar-refractivity contribution in [2.45, 2.75) is 39.2 Å². The average molecular weight is 354 g/mol. The third-order valence-corrected chi connectivity index (χ3v) is 5.05. The molecule has 2 aromatic carbocycles. The first kappa shape index (κ1) is 17.7. The van der Waals surface area contributed by atoms with Gasteiger partial charge in [0.05, 0.1) is 6.04 Å². The van der Waals surface area contributed by atoms with Crippen LogP contribution in [-0.2, 0) is 6.42 Å². The lowest BCUT2D eigenvalue weighted by molar-refractivity contribution is 0.722. The Hall–Kier alpha value is -2.07. The van der Waals surface area contributed by atoms with Crippen molar-refractivity contribution in [1.82, 2.24) is 5.32 Å². The van der Waals surface area contributed by atoms with Gasteiger partial charge in [0.2, 0.25) is 0 Å². The van der Waals surface area contributed by atoms with E-state index in [1.165, 1.54) is 42.7 Å². The molecule has 2 aromatic rings. The summed E-state index contributed by atoms with van der Waals surface area (Å²) in [6.07, 6.45) is 3.66. The minimum Gasteiger partial charge on any atom is -0.372 e. The molecule has 0 saturated carbocycles. The predicted octanol–water partition coefficient (Wildman–Crippen LogP) is 4.90. The summed E-state index contributed by atoms with van der Waals surface area (Å²) in [6.45, 7) is 6.65. The Kier molecular flexibility index (Phi) is 5.92. The van der Waals surface area contributed by atoms with Crippen LogP contribution >= 0.6 is 12.2 Å². The van der Waals surface area contributed by atoms with Gasteiger partial charge >= 0.3 is 0 Å². The Labute approximate surface area is 156 Å². The molecule has 0 aromatic heterocycles. The van der Waals surface area contributed by atoms with Gasteiger partial charge in [-0.2, -0.15) is 0 Å². The van der Waals surface area contributed by atoms with Gasteiger partial charge in [-0.3, -0.25) is 0 Å². The normalized spacial score (nSPS) is 15.0. The maximum Gasteiger partial charge on any atom is 0.171 e. The topological polar surface area (TPSA) is 27.3 Å². The summed E-state index contributed by atoms with van der Waals surface area (Å²) in [7, 11) is 0. The minimum absolute atomic E-state index is 0.169. The van der Waals surface area contributed by atoms with Crippen LogP contribution < -0.4 is 15.5 Å². The van der Waals surface area contributed by atoms with E-state index >= 15 is 0 Å². The van der Waals surface area contributed by atoms with Crippen LogP contribution in [0.15, 0.2) is 48.5 Å². The van der Waals surface area contributed by atoms with Crippen LogP contribution in [0.2, 0.25) is 0 Å². The van der Waals surface area contributed by atoms with E-state index in [2.05, 4.69) is 77.9 Å². The number of nitrogens with one attached hydrogen (secondary N) is 2. The van der Waals surface area contributed by atoms with Crippen molar-refractivity contribution in [3.63, 3.8) is 0 Å². The van der Waals surface area contributed by atoms with E-state index in [0.717, 1.165) is 12.1 Å². The Balaban J connectivity index is 1.55. The smallest absolute Gasteiger partial charge is 0.171 e. The van der Waals surface area contributed by atoms with Crippen molar-refractivity contribution in [3.8, 4) is 0 Å². The van der Waals surface area contributed by atoms with Gasteiger partial charge in [0.25, 0.3) is 0 Å². The molecule has 25 heavy (non-hydrogen) atoms. The van der Waals surface area contributed by atoms with Crippen molar-refractivity contribution in [3.05, 3.63) is 59.7 Å². The van der Waals surface area contributed by atoms with Crippen LogP contribution in [-0.4, -0.2) is 18.2 Å². The fourth-order valence-electron chi connectivity index (χ4n) is 3.22. The zero-order valence-electron chi connectivity index (χ0n) is 15.1. The van der Waals surface area contributed by atoms with Crippen molar-refractivity contribution < 1.29 is 0 Å². The predicted molar refractivity (Wildman–Crippen MR) is 111 cm³/mol.